The highest BCUT2D eigenvalue weighted by molar-refractivity contribution is 5.29. The van der Waals surface area contributed by atoms with Crippen LogP contribution in [0.4, 0.5) is 0 Å². The summed E-state index contributed by atoms with van der Waals surface area (Å²) in [5.41, 5.74) is 2.94. The lowest BCUT2D eigenvalue weighted by molar-refractivity contribution is 0.300. The maximum atomic E-state index is 3.38. The average Bonchev–Trinajstić information content (AvgIpc) is 2.33. The zero-order valence-electron chi connectivity index (χ0n) is 12.6. The van der Waals surface area contributed by atoms with Crippen molar-refractivity contribution in [3.63, 3.8) is 0 Å². The van der Waals surface area contributed by atoms with E-state index < -0.39 is 0 Å². The van der Waals surface area contributed by atoms with Gasteiger partial charge in [0.2, 0.25) is 0 Å². The fourth-order valence-electron chi connectivity index (χ4n) is 2.07. The van der Waals surface area contributed by atoms with Crippen LogP contribution in [0.5, 0.6) is 0 Å². The molecule has 18 heavy (non-hydrogen) atoms. The van der Waals surface area contributed by atoms with Crippen LogP contribution in [0.1, 0.15) is 34.6 Å². The fourth-order valence-corrected chi connectivity index (χ4v) is 2.07. The predicted octanol–water partition coefficient (Wildman–Crippen LogP) is 3.34. The van der Waals surface area contributed by atoms with E-state index in [9.17, 15) is 0 Å². The first-order valence-corrected chi connectivity index (χ1v) is 6.92. The van der Waals surface area contributed by atoms with Crippen LogP contribution in [0.2, 0.25) is 0 Å². The minimum absolute atomic E-state index is 0.201. The third kappa shape index (κ3) is 4.69. The number of allylic oxidation sites excluding steroid dienone is 6. The molecule has 0 aromatic rings. The van der Waals surface area contributed by atoms with Crippen molar-refractivity contribution in [2.75, 3.05) is 26.2 Å². The van der Waals surface area contributed by atoms with Crippen molar-refractivity contribution >= 4 is 0 Å². The summed E-state index contributed by atoms with van der Waals surface area (Å²) in [5, 5.41) is 3.38. The van der Waals surface area contributed by atoms with E-state index in [-0.39, 0.29) is 5.41 Å². The van der Waals surface area contributed by atoms with Crippen molar-refractivity contribution in [2.24, 2.45) is 5.41 Å². The first-order chi connectivity index (χ1) is 8.45. The molecule has 0 saturated carbocycles. The van der Waals surface area contributed by atoms with Crippen LogP contribution < -0.4 is 5.32 Å². The van der Waals surface area contributed by atoms with Crippen LogP contribution >= 0.6 is 0 Å². The molecule has 2 heteroatoms. The van der Waals surface area contributed by atoms with Crippen LogP contribution in [0, 0.1) is 5.41 Å². The van der Waals surface area contributed by atoms with E-state index in [4.69, 9.17) is 0 Å². The summed E-state index contributed by atoms with van der Waals surface area (Å²) in [4.78, 5) is 2.45. The Bertz CT molecular complexity index is 337. The van der Waals surface area contributed by atoms with Crippen molar-refractivity contribution in [3.8, 4) is 0 Å². The van der Waals surface area contributed by atoms with Crippen molar-refractivity contribution in [1.82, 2.24) is 10.2 Å². The standard InChI is InChI=1S/C16H28N2/c1-6-7-15(16(3,4)5)9-8-14(2)18-12-10-17-11-13-18/h6-9,17H,10-13H2,1-5H3/b7-6-,14-8+,15-9+. The molecule has 0 bridgehead atoms. The Morgan fingerprint density at radius 2 is 1.72 bits per heavy atom. The summed E-state index contributed by atoms with van der Waals surface area (Å²) < 4.78 is 0. The summed E-state index contributed by atoms with van der Waals surface area (Å²) >= 11 is 0. The second-order valence-electron chi connectivity index (χ2n) is 5.92. The number of hydrogen-bond donors (Lipinski definition) is 1. The Hall–Kier alpha value is -1.02. The Kier molecular flexibility index (Phi) is 5.67. The zero-order valence-corrected chi connectivity index (χ0v) is 12.6. The van der Waals surface area contributed by atoms with E-state index in [1.165, 1.54) is 11.3 Å². The molecule has 1 fully saturated rings. The predicted molar refractivity (Wildman–Crippen MR) is 80.6 cm³/mol. The maximum Gasteiger partial charge on any atom is 0.0300 e. The van der Waals surface area contributed by atoms with Gasteiger partial charge in [0.1, 0.15) is 0 Å². The molecule has 1 rings (SSSR count). The van der Waals surface area contributed by atoms with Gasteiger partial charge in [-0.05, 0) is 30.9 Å². The van der Waals surface area contributed by atoms with Gasteiger partial charge in [-0.3, -0.25) is 0 Å². The van der Waals surface area contributed by atoms with Gasteiger partial charge < -0.3 is 10.2 Å². The monoisotopic (exact) mass is 248 g/mol. The van der Waals surface area contributed by atoms with Crippen LogP contribution in [0.25, 0.3) is 0 Å². The highest BCUT2D eigenvalue weighted by Gasteiger charge is 2.14. The van der Waals surface area contributed by atoms with Gasteiger partial charge >= 0.3 is 0 Å². The molecule has 0 atom stereocenters. The van der Waals surface area contributed by atoms with E-state index in [0.717, 1.165) is 26.2 Å². The summed E-state index contributed by atoms with van der Waals surface area (Å²) in [6, 6.07) is 0. The van der Waals surface area contributed by atoms with Crippen molar-refractivity contribution in [3.05, 3.63) is 35.6 Å². The summed E-state index contributed by atoms with van der Waals surface area (Å²) in [6.07, 6.45) is 8.84. The lowest BCUT2D eigenvalue weighted by atomic mass is 9.86. The van der Waals surface area contributed by atoms with Crippen LogP contribution in [0.15, 0.2) is 35.6 Å². The van der Waals surface area contributed by atoms with E-state index in [1.807, 2.05) is 0 Å². The smallest absolute Gasteiger partial charge is 0.0300 e. The van der Waals surface area contributed by atoms with Crippen molar-refractivity contribution in [1.29, 1.82) is 0 Å². The second-order valence-corrected chi connectivity index (χ2v) is 5.92. The highest BCUT2D eigenvalue weighted by Crippen LogP contribution is 2.26. The van der Waals surface area contributed by atoms with Gasteiger partial charge in [0.05, 0.1) is 0 Å². The third-order valence-electron chi connectivity index (χ3n) is 3.33. The summed E-state index contributed by atoms with van der Waals surface area (Å²) in [5.74, 6) is 0. The Balaban J connectivity index is 2.79. The lowest BCUT2D eigenvalue weighted by Gasteiger charge is -2.30. The van der Waals surface area contributed by atoms with E-state index in [0.29, 0.717) is 0 Å². The first kappa shape index (κ1) is 15.0. The topological polar surface area (TPSA) is 15.3 Å². The SMILES string of the molecule is C\C=C/C(=C\C=C(/C)N1CCNCC1)C(C)(C)C. The minimum atomic E-state index is 0.201. The number of nitrogens with zero attached hydrogens (tertiary/aromatic N) is 1. The molecule has 2 nitrogen and oxygen atoms in total. The van der Waals surface area contributed by atoms with Gasteiger partial charge in [-0.25, -0.2) is 0 Å². The largest absolute Gasteiger partial charge is 0.372 e. The van der Waals surface area contributed by atoms with Gasteiger partial charge in [-0.15, -0.1) is 0 Å². The van der Waals surface area contributed by atoms with Gasteiger partial charge in [0.15, 0.2) is 0 Å². The van der Waals surface area contributed by atoms with E-state index >= 15 is 0 Å². The molecule has 1 saturated heterocycles. The Labute approximate surface area is 112 Å². The molecule has 0 radical (unpaired) electrons. The molecule has 1 heterocycles. The zero-order chi connectivity index (χ0) is 13.6. The van der Waals surface area contributed by atoms with Crippen molar-refractivity contribution in [2.45, 2.75) is 34.6 Å². The normalized spacial score (nSPS) is 19.7. The van der Waals surface area contributed by atoms with Gasteiger partial charge in [-0.1, -0.05) is 39.0 Å². The van der Waals surface area contributed by atoms with Gasteiger partial charge in [-0.2, -0.15) is 0 Å². The molecule has 0 aliphatic carbocycles. The van der Waals surface area contributed by atoms with E-state index in [2.05, 4.69) is 69.1 Å². The number of piperazine rings is 1. The van der Waals surface area contributed by atoms with Crippen LogP contribution in [-0.4, -0.2) is 31.1 Å². The molecule has 0 aromatic heterocycles. The second kappa shape index (κ2) is 6.79. The molecular weight excluding hydrogens is 220 g/mol. The quantitative estimate of drug-likeness (QED) is 0.771. The molecule has 0 spiro atoms. The van der Waals surface area contributed by atoms with Crippen LogP contribution in [0.3, 0.4) is 0 Å². The maximum absolute atomic E-state index is 3.38. The molecule has 1 aliphatic heterocycles. The number of rotatable bonds is 3. The Morgan fingerprint density at radius 1 is 1.11 bits per heavy atom. The number of hydrogen-bond acceptors (Lipinski definition) is 2. The molecule has 1 aliphatic rings. The highest BCUT2D eigenvalue weighted by atomic mass is 15.2. The first-order valence-electron chi connectivity index (χ1n) is 6.92. The third-order valence-corrected chi connectivity index (χ3v) is 3.33. The van der Waals surface area contributed by atoms with Gasteiger partial charge in [0.25, 0.3) is 0 Å². The van der Waals surface area contributed by atoms with Crippen LogP contribution in [-0.2, 0) is 0 Å². The van der Waals surface area contributed by atoms with Crippen molar-refractivity contribution < 1.29 is 0 Å². The molecule has 0 unspecified atom stereocenters. The average molecular weight is 248 g/mol. The molecule has 1 N–H and O–H groups in total. The Morgan fingerprint density at radius 3 is 2.22 bits per heavy atom. The number of nitrogens with one attached hydrogen (secondary N) is 1. The lowest BCUT2D eigenvalue weighted by Crippen LogP contribution is -2.42. The molecule has 102 valence electrons. The minimum Gasteiger partial charge on any atom is -0.372 e. The fraction of sp³-hybridized carbons (Fsp3) is 0.625. The van der Waals surface area contributed by atoms with Gasteiger partial charge in [0, 0.05) is 31.9 Å². The molecule has 0 aromatic carbocycles. The summed E-state index contributed by atoms with van der Waals surface area (Å²) in [6.45, 7) is 15.5. The summed E-state index contributed by atoms with van der Waals surface area (Å²) in [7, 11) is 0. The molecular formula is C16H28N2. The molecule has 0 amide bonds. The van der Waals surface area contributed by atoms with E-state index in [1.54, 1.807) is 0 Å².